The van der Waals surface area contributed by atoms with Crippen LogP contribution >= 0.6 is 22.7 Å². The quantitative estimate of drug-likeness (QED) is 0.557. The van der Waals surface area contributed by atoms with Gasteiger partial charge in [0, 0.05) is 23.5 Å². The number of anilines is 2. The number of nitrogen functional groups attached to an aromatic ring is 1. The zero-order chi connectivity index (χ0) is 17.4. The lowest BCUT2D eigenvalue weighted by molar-refractivity contribution is 0.103. The van der Waals surface area contributed by atoms with Crippen molar-refractivity contribution in [2.24, 2.45) is 0 Å². The summed E-state index contributed by atoms with van der Waals surface area (Å²) < 4.78 is 0. The van der Waals surface area contributed by atoms with Gasteiger partial charge in [0.2, 0.25) is 0 Å². The SMILES string of the molecule is Cc1cc(-c2cccs2)nc2sc(C(=O)Nc3ccncc3)c(N)c12. The van der Waals surface area contributed by atoms with Crippen molar-refractivity contribution in [3.63, 3.8) is 0 Å². The molecule has 0 unspecified atom stereocenters. The molecule has 7 heteroatoms. The Balaban J connectivity index is 1.77. The lowest BCUT2D eigenvalue weighted by Gasteiger charge is -2.04. The van der Waals surface area contributed by atoms with Gasteiger partial charge in [-0.2, -0.15) is 0 Å². The number of carbonyl (C=O) groups is 1. The van der Waals surface area contributed by atoms with Crippen LogP contribution in [0.2, 0.25) is 0 Å². The van der Waals surface area contributed by atoms with E-state index in [4.69, 9.17) is 10.7 Å². The van der Waals surface area contributed by atoms with Gasteiger partial charge in [-0.25, -0.2) is 4.98 Å². The number of hydrogen-bond donors (Lipinski definition) is 2. The zero-order valence-electron chi connectivity index (χ0n) is 13.3. The standard InChI is InChI=1S/C18H14N4OS2/c1-10-9-12(13-3-2-8-24-13)22-18-14(10)15(19)16(25-18)17(23)21-11-4-6-20-7-5-11/h2-9H,19H2,1H3,(H,20,21,23). The molecule has 5 nitrogen and oxygen atoms in total. The molecule has 0 aliphatic carbocycles. The second kappa shape index (κ2) is 6.27. The van der Waals surface area contributed by atoms with E-state index in [-0.39, 0.29) is 5.91 Å². The molecule has 0 atom stereocenters. The Kier molecular flexibility index (Phi) is 3.95. The van der Waals surface area contributed by atoms with E-state index < -0.39 is 0 Å². The highest BCUT2D eigenvalue weighted by molar-refractivity contribution is 7.21. The number of nitrogens with zero attached hydrogens (tertiary/aromatic N) is 2. The molecular formula is C18H14N4OS2. The smallest absolute Gasteiger partial charge is 0.267 e. The number of hydrogen-bond acceptors (Lipinski definition) is 6. The summed E-state index contributed by atoms with van der Waals surface area (Å²) in [5, 5.41) is 5.72. The fourth-order valence-electron chi connectivity index (χ4n) is 2.65. The molecule has 0 saturated carbocycles. The minimum Gasteiger partial charge on any atom is -0.397 e. The molecule has 0 spiro atoms. The van der Waals surface area contributed by atoms with Crippen molar-refractivity contribution in [1.29, 1.82) is 0 Å². The molecule has 1 amide bonds. The number of fused-ring (bicyclic) bond motifs is 1. The van der Waals surface area contributed by atoms with E-state index in [1.54, 1.807) is 35.9 Å². The van der Waals surface area contributed by atoms with Crippen molar-refractivity contribution >= 4 is 50.2 Å². The van der Waals surface area contributed by atoms with Crippen LogP contribution in [0.15, 0.2) is 48.1 Å². The average molecular weight is 366 g/mol. The summed E-state index contributed by atoms with van der Waals surface area (Å²) in [6.07, 6.45) is 3.26. The number of carbonyl (C=O) groups excluding carboxylic acids is 1. The Hall–Kier alpha value is -2.77. The number of amides is 1. The van der Waals surface area contributed by atoms with Gasteiger partial charge in [0.15, 0.2) is 0 Å². The van der Waals surface area contributed by atoms with Crippen LogP contribution in [0.4, 0.5) is 11.4 Å². The number of aryl methyl sites for hydroxylation is 1. The molecule has 0 aliphatic heterocycles. The molecule has 25 heavy (non-hydrogen) atoms. The van der Waals surface area contributed by atoms with Gasteiger partial charge >= 0.3 is 0 Å². The van der Waals surface area contributed by atoms with Gasteiger partial charge in [0.1, 0.15) is 9.71 Å². The molecule has 4 aromatic rings. The molecule has 0 aromatic carbocycles. The predicted octanol–water partition coefficient (Wildman–Crippen LogP) is 4.56. The third-order valence-corrected chi connectivity index (χ3v) is 5.80. The number of nitrogens with one attached hydrogen (secondary N) is 1. The highest BCUT2D eigenvalue weighted by Gasteiger charge is 2.20. The Morgan fingerprint density at radius 3 is 2.76 bits per heavy atom. The lowest BCUT2D eigenvalue weighted by Crippen LogP contribution is -2.11. The highest BCUT2D eigenvalue weighted by atomic mass is 32.1. The third-order valence-electron chi connectivity index (χ3n) is 3.81. The summed E-state index contributed by atoms with van der Waals surface area (Å²) in [6.45, 7) is 1.99. The van der Waals surface area contributed by atoms with Gasteiger partial charge in [-0.15, -0.1) is 22.7 Å². The molecule has 4 heterocycles. The first-order valence-electron chi connectivity index (χ1n) is 7.58. The zero-order valence-corrected chi connectivity index (χ0v) is 14.9. The van der Waals surface area contributed by atoms with Gasteiger partial charge < -0.3 is 11.1 Å². The van der Waals surface area contributed by atoms with Gasteiger partial charge in [-0.1, -0.05) is 6.07 Å². The van der Waals surface area contributed by atoms with Crippen molar-refractivity contribution in [2.75, 3.05) is 11.1 Å². The van der Waals surface area contributed by atoms with Crippen LogP contribution in [0.25, 0.3) is 20.8 Å². The maximum absolute atomic E-state index is 12.6. The molecule has 0 saturated heterocycles. The maximum atomic E-state index is 12.6. The Labute approximate surface area is 152 Å². The first kappa shape index (κ1) is 15.7. The van der Waals surface area contributed by atoms with Gasteiger partial charge in [-0.3, -0.25) is 9.78 Å². The molecule has 4 rings (SSSR count). The third kappa shape index (κ3) is 2.88. The summed E-state index contributed by atoms with van der Waals surface area (Å²) in [6, 6.07) is 9.52. The second-order valence-corrected chi connectivity index (χ2v) is 7.46. The van der Waals surface area contributed by atoms with Crippen LogP contribution in [0.3, 0.4) is 0 Å². The topological polar surface area (TPSA) is 80.9 Å². The monoisotopic (exact) mass is 366 g/mol. The van der Waals surface area contributed by atoms with E-state index in [9.17, 15) is 4.79 Å². The van der Waals surface area contributed by atoms with E-state index in [0.717, 1.165) is 26.4 Å². The normalized spacial score (nSPS) is 10.9. The number of rotatable bonds is 3. The van der Waals surface area contributed by atoms with E-state index in [0.29, 0.717) is 16.3 Å². The Morgan fingerprint density at radius 2 is 2.04 bits per heavy atom. The molecule has 3 N–H and O–H groups in total. The maximum Gasteiger partial charge on any atom is 0.267 e. The Morgan fingerprint density at radius 1 is 1.24 bits per heavy atom. The van der Waals surface area contributed by atoms with Crippen molar-refractivity contribution in [3.8, 4) is 10.6 Å². The van der Waals surface area contributed by atoms with Crippen LogP contribution in [-0.2, 0) is 0 Å². The van der Waals surface area contributed by atoms with E-state index >= 15 is 0 Å². The molecule has 124 valence electrons. The summed E-state index contributed by atoms with van der Waals surface area (Å²) in [4.78, 5) is 23.6. The molecular weight excluding hydrogens is 352 g/mol. The summed E-state index contributed by atoms with van der Waals surface area (Å²) in [5.41, 5.74) is 9.35. The van der Waals surface area contributed by atoms with Gasteiger partial charge in [0.05, 0.1) is 16.3 Å². The van der Waals surface area contributed by atoms with Crippen molar-refractivity contribution in [1.82, 2.24) is 9.97 Å². The van der Waals surface area contributed by atoms with Gasteiger partial charge in [0.25, 0.3) is 5.91 Å². The second-order valence-electron chi connectivity index (χ2n) is 5.52. The van der Waals surface area contributed by atoms with Gasteiger partial charge in [-0.05, 0) is 42.1 Å². The number of pyridine rings is 2. The number of aromatic nitrogens is 2. The lowest BCUT2D eigenvalue weighted by atomic mass is 10.1. The van der Waals surface area contributed by atoms with E-state index in [2.05, 4.69) is 10.3 Å². The average Bonchev–Trinajstić information content (AvgIpc) is 3.24. The van der Waals surface area contributed by atoms with Crippen LogP contribution in [0, 0.1) is 6.92 Å². The highest BCUT2D eigenvalue weighted by Crippen LogP contribution is 2.37. The summed E-state index contributed by atoms with van der Waals surface area (Å²) in [5.74, 6) is -0.233. The largest absolute Gasteiger partial charge is 0.397 e. The minimum atomic E-state index is -0.233. The fourth-order valence-corrected chi connectivity index (χ4v) is 4.40. The number of thiophene rings is 2. The molecule has 0 aliphatic rings. The summed E-state index contributed by atoms with van der Waals surface area (Å²) in [7, 11) is 0. The van der Waals surface area contributed by atoms with Crippen molar-refractivity contribution in [2.45, 2.75) is 6.92 Å². The van der Waals surface area contributed by atoms with Crippen LogP contribution in [0.5, 0.6) is 0 Å². The van der Waals surface area contributed by atoms with Crippen LogP contribution < -0.4 is 11.1 Å². The van der Waals surface area contributed by atoms with Crippen LogP contribution in [0.1, 0.15) is 15.2 Å². The summed E-state index contributed by atoms with van der Waals surface area (Å²) >= 11 is 2.96. The van der Waals surface area contributed by atoms with Crippen molar-refractivity contribution in [3.05, 3.63) is 58.5 Å². The fraction of sp³-hybridized carbons (Fsp3) is 0.0556. The van der Waals surface area contributed by atoms with Crippen LogP contribution in [-0.4, -0.2) is 15.9 Å². The molecule has 0 radical (unpaired) electrons. The van der Waals surface area contributed by atoms with Crippen molar-refractivity contribution < 1.29 is 4.79 Å². The first-order valence-corrected chi connectivity index (χ1v) is 9.28. The predicted molar refractivity (Wildman–Crippen MR) is 104 cm³/mol. The number of nitrogens with two attached hydrogens (primary N) is 1. The molecule has 0 fully saturated rings. The molecule has 4 aromatic heterocycles. The van der Waals surface area contributed by atoms with E-state index in [1.165, 1.54) is 11.3 Å². The minimum absolute atomic E-state index is 0.233. The van der Waals surface area contributed by atoms with E-state index in [1.807, 2.05) is 30.5 Å². The Bertz CT molecular complexity index is 1060. The first-order chi connectivity index (χ1) is 12.1. The molecule has 0 bridgehead atoms.